The lowest BCUT2D eigenvalue weighted by Gasteiger charge is -2.06. The predicted molar refractivity (Wildman–Crippen MR) is 41.8 cm³/mol. The summed E-state index contributed by atoms with van der Waals surface area (Å²) in [6.07, 6.45) is 0. The van der Waals surface area contributed by atoms with Crippen LogP contribution in [-0.2, 0) is 6.61 Å². The Balaban J connectivity index is 3.42. The fourth-order valence-corrected chi connectivity index (χ4v) is 1.16. The van der Waals surface area contributed by atoms with E-state index in [4.69, 9.17) is 5.11 Å². The number of aryl methyl sites for hydroxylation is 2. The van der Waals surface area contributed by atoms with Crippen LogP contribution >= 0.6 is 0 Å². The van der Waals surface area contributed by atoms with Gasteiger partial charge in [-0.1, -0.05) is 6.07 Å². The molecule has 1 aromatic carbocycles. The fraction of sp³-hybridized carbons (Fsp3) is 0.333. The normalized spacial score (nSPS) is 10.4. The number of aliphatic hydroxyl groups excluding tert-OH is 1. The highest BCUT2D eigenvalue weighted by molar-refractivity contribution is 5.31. The second-order valence-electron chi connectivity index (χ2n) is 2.77. The monoisotopic (exact) mass is 172 g/mol. The van der Waals surface area contributed by atoms with E-state index in [0.717, 1.165) is 0 Å². The molecule has 0 heterocycles. The third kappa shape index (κ3) is 1.32. The van der Waals surface area contributed by atoms with Crippen molar-refractivity contribution in [2.75, 3.05) is 0 Å². The van der Waals surface area contributed by atoms with E-state index in [1.54, 1.807) is 13.8 Å². The van der Waals surface area contributed by atoms with Crippen LogP contribution in [0.4, 0.5) is 8.78 Å². The molecule has 1 aromatic rings. The summed E-state index contributed by atoms with van der Waals surface area (Å²) < 4.78 is 26.1. The summed E-state index contributed by atoms with van der Waals surface area (Å²) in [6, 6.07) is 1.42. The molecular weight excluding hydrogens is 162 g/mol. The Hall–Kier alpha value is -0.960. The number of hydrogen-bond donors (Lipinski definition) is 1. The summed E-state index contributed by atoms with van der Waals surface area (Å²) in [5.41, 5.74) is 0.475. The average molecular weight is 172 g/mol. The second kappa shape index (κ2) is 3.19. The van der Waals surface area contributed by atoms with Crippen LogP contribution in [0.5, 0.6) is 0 Å². The maximum atomic E-state index is 13.0. The van der Waals surface area contributed by atoms with Crippen molar-refractivity contribution in [1.29, 1.82) is 0 Å². The van der Waals surface area contributed by atoms with E-state index in [-0.39, 0.29) is 5.56 Å². The van der Waals surface area contributed by atoms with Crippen molar-refractivity contribution in [3.8, 4) is 0 Å². The first-order chi connectivity index (χ1) is 5.57. The number of halogens is 2. The van der Waals surface area contributed by atoms with Crippen LogP contribution in [0, 0.1) is 25.5 Å². The van der Waals surface area contributed by atoms with E-state index in [1.807, 2.05) is 0 Å². The first-order valence-electron chi connectivity index (χ1n) is 3.63. The summed E-state index contributed by atoms with van der Waals surface area (Å²) in [5, 5.41) is 8.67. The lowest BCUT2D eigenvalue weighted by Crippen LogP contribution is -2.00. The molecule has 1 nitrogen and oxygen atoms in total. The molecule has 0 bridgehead atoms. The second-order valence-corrected chi connectivity index (χ2v) is 2.77. The summed E-state index contributed by atoms with van der Waals surface area (Å²) >= 11 is 0. The molecule has 0 aliphatic heterocycles. The van der Waals surface area contributed by atoms with Crippen LogP contribution in [0.1, 0.15) is 16.7 Å². The minimum absolute atomic E-state index is 0.243. The molecule has 0 saturated carbocycles. The van der Waals surface area contributed by atoms with Crippen LogP contribution < -0.4 is 0 Å². The van der Waals surface area contributed by atoms with Gasteiger partial charge in [-0.15, -0.1) is 0 Å². The lowest BCUT2D eigenvalue weighted by molar-refractivity contribution is 0.268. The van der Waals surface area contributed by atoms with Gasteiger partial charge in [0.25, 0.3) is 0 Å². The van der Waals surface area contributed by atoms with Crippen molar-refractivity contribution in [2.45, 2.75) is 20.5 Å². The molecule has 0 radical (unpaired) electrons. The smallest absolute Gasteiger partial charge is 0.134 e. The molecule has 0 aliphatic carbocycles. The maximum absolute atomic E-state index is 13.0. The molecule has 12 heavy (non-hydrogen) atoms. The van der Waals surface area contributed by atoms with E-state index in [2.05, 4.69) is 0 Å². The highest BCUT2D eigenvalue weighted by atomic mass is 19.1. The Morgan fingerprint density at radius 3 is 1.92 bits per heavy atom. The zero-order valence-electron chi connectivity index (χ0n) is 6.99. The van der Waals surface area contributed by atoms with E-state index < -0.39 is 18.2 Å². The van der Waals surface area contributed by atoms with Gasteiger partial charge < -0.3 is 5.11 Å². The van der Waals surface area contributed by atoms with Gasteiger partial charge in [-0.25, -0.2) is 8.78 Å². The molecule has 66 valence electrons. The molecule has 0 aliphatic rings. The van der Waals surface area contributed by atoms with Crippen LogP contribution in [0.25, 0.3) is 0 Å². The predicted octanol–water partition coefficient (Wildman–Crippen LogP) is 2.07. The van der Waals surface area contributed by atoms with Crippen molar-refractivity contribution in [3.63, 3.8) is 0 Å². The molecule has 0 fully saturated rings. The quantitative estimate of drug-likeness (QED) is 0.687. The van der Waals surface area contributed by atoms with Gasteiger partial charge in [0.05, 0.1) is 6.61 Å². The minimum Gasteiger partial charge on any atom is -0.391 e. The highest BCUT2D eigenvalue weighted by Crippen LogP contribution is 2.19. The van der Waals surface area contributed by atoms with Crippen LogP contribution in [0.15, 0.2) is 6.07 Å². The lowest BCUT2D eigenvalue weighted by atomic mass is 10.1. The van der Waals surface area contributed by atoms with E-state index >= 15 is 0 Å². The van der Waals surface area contributed by atoms with E-state index in [0.29, 0.717) is 11.1 Å². The van der Waals surface area contributed by atoms with Gasteiger partial charge in [-0.3, -0.25) is 0 Å². The molecule has 1 rings (SSSR count). The van der Waals surface area contributed by atoms with Gasteiger partial charge in [0.2, 0.25) is 0 Å². The molecule has 0 unspecified atom stereocenters. The topological polar surface area (TPSA) is 20.2 Å². The summed E-state index contributed by atoms with van der Waals surface area (Å²) in [4.78, 5) is 0. The average Bonchev–Trinajstić information content (AvgIpc) is 2.02. The summed E-state index contributed by atoms with van der Waals surface area (Å²) in [7, 11) is 0. The van der Waals surface area contributed by atoms with Crippen LogP contribution in [0.2, 0.25) is 0 Å². The Morgan fingerprint density at radius 1 is 1.17 bits per heavy atom. The Kier molecular flexibility index (Phi) is 2.43. The molecule has 0 saturated heterocycles. The van der Waals surface area contributed by atoms with Crippen LogP contribution in [0.3, 0.4) is 0 Å². The highest BCUT2D eigenvalue weighted by Gasteiger charge is 2.12. The summed E-state index contributed by atoms with van der Waals surface area (Å²) in [6.45, 7) is 2.49. The third-order valence-electron chi connectivity index (χ3n) is 1.81. The van der Waals surface area contributed by atoms with E-state index in [9.17, 15) is 8.78 Å². The van der Waals surface area contributed by atoms with Crippen molar-refractivity contribution in [2.24, 2.45) is 0 Å². The number of benzene rings is 1. The first-order valence-corrected chi connectivity index (χ1v) is 3.63. The third-order valence-corrected chi connectivity index (χ3v) is 1.81. The SMILES string of the molecule is Cc1cc(C)c(F)c(CO)c1F. The molecular formula is C9H10F2O. The van der Waals surface area contributed by atoms with Gasteiger partial charge in [0, 0.05) is 5.56 Å². The van der Waals surface area contributed by atoms with Gasteiger partial charge in [0.1, 0.15) is 11.6 Å². The Labute approximate surface area is 69.7 Å². The first kappa shape index (κ1) is 9.13. The van der Waals surface area contributed by atoms with E-state index in [1.165, 1.54) is 6.07 Å². The number of hydrogen-bond acceptors (Lipinski definition) is 1. The number of aliphatic hydroxyl groups is 1. The van der Waals surface area contributed by atoms with Gasteiger partial charge in [-0.2, -0.15) is 0 Å². The van der Waals surface area contributed by atoms with Gasteiger partial charge in [-0.05, 0) is 25.0 Å². The van der Waals surface area contributed by atoms with Gasteiger partial charge in [0.15, 0.2) is 0 Å². The molecule has 1 N–H and O–H groups in total. The molecule has 3 heteroatoms. The van der Waals surface area contributed by atoms with Crippen molar-refractivity contribution in [1.82, 2.24) is 0 Å². The molecule has 0 amide bonds. The minimum atomic E-state index is -0.652. The molecule has 0 spiro atoms. The van der Waals surface area contributed by atoms with Crippen molar-refractivity contribution < 1.29 is 13.9 Å². The zero-order valence-corrected chi connectivity index (χ0v) is 6.99. The Bertz CT molecular complexity index is 282. The fourth-order valence-electron chi connectivity index (χ4n) is 1.16. The largest absolute Gasteiger partial charge is 0.391 e. The molecule has 0 atom stereocenters. The summed E-state index contributed by atoms with van der Waals surface area (Å²) in [5.74, 6) is -1.30. The maximum Gasteiger partial charge on any atom is 0.134 e. The Morgan fingerprint density at radius 2 is 1.58 bits per heavy atom. The van der Waals surface area contributed by atoms with Gasteiger partial charge >= 0.3 is 0 Å². The number of rotatable bonds is 1. The standard InChI is InChI=1S/C9H10F2O/c1-5-3-6(2)9(11)7(4-12)8(5)10/h3,12H,4H2,1-2H3. The van der Waals surface area contributed by atoms with Crippen molar-refractivity contribution in [3.05, 3.63) is 34.4 Å². The van der Waals surface area contributed by atoms with Crippen LogP contribution in [-0.4, -0.2) is 5.11 Å². The van der Waals surface area contributed by atoms with Crippen molar-refractivity contribution >= 4 is 0 Å². The zero-order chi connectivity index (χ0) is 9.30. The molecule has 0 aromatic heterocycles.